The summed E-state index contributed by atoms with van der Waals surface area (Å²) in [6, 6.07) is 4.57. The first kappa shape index (κ1) is 10.6. The molecule has 76 valence electrons. The van der Waals surface area contributed by atoms with Crippen molar-refractivity contribution in [3.8, 4) is 0 Å². The third-order valence-electron chi connectivity index (χ3n) is 1.54. The summed E-state index contributed by atoms with van der Waals surface area (Å²) >= 11 is 0. The normalized spacial score (nSPS) is 11.0. The third-order valence-corrected chi connectivity index (χ3v) is 2.35. The van der Waals surface area contributed by atoms with E-state index >= 15 is 0 Å². The van der Waals surface area contributed by atoms with Crippen molar-refractivity contribution in [3.05, 3.63) is 29.8 Å². The minimum atomic E-state index is -4.77. The molecule has 0 spiro atoms. The molecule has 0 atom stereocenters. The highest BCUT2D eigenvalue weighted by atomic mass is 32.3. The van der Waals surface area contributed by atoms with Crippen molar-refractivity contribution in [3.63, 3.8) is 0 Å². The van der Waals surface area contributed by atoms with Crippen LogP contribution in [0.25, 0.3) is 0 Å². The van der Waals surface area contributed by atoms with Crippen LogP contribution in [0.4, 0.5) is 3.89 Å². The highest BCUT2D eigenvalue weighted by Crippen LogP contribution is 2.14. The van der Waals surface area contributed by atoms with Crippen LogP contribution in [0.1, 0.15) is 10.4 Å². The van der Waals surface area contributed by atoms with Gasteiger partial charge in [0.15, 0.2) is 0 Å². The molecule has 0 bridgehead atoms. The lowest BCUT2D eigenvalue weighted by molar-refractivity contribution is 0.0600. The second kappa shape index (κ2) is 3.75. The number of ether oxygens (including phenoxy) is 1. The fourth-order valence-corrected chi connectivity index (χ4v) is 1.40. The molecule has 0 fully saturated rings. The Morgan fingerprint density at radius 2 is 2.07 bits per heavy atom. The Hall–Kier alpha value is -1.43. The van der Waals surface area contributed by atoms with Gasteiger partial charge in [-0.15, -0.1) is 3.89 Å². The van der Waals surface area contributed by atoms with Gasteiger partial charge in [0.1, 0.15) is 0 Å². The molecule has 0 aromatic heterocycles. The number of methoxy groups -OCH3 is 1. The predicted octanol–water partition coefficient (Wildman–Crippen LogP) is 1.13. The first-order valence-corrected chi connectivity index (χ1v) is 4.96. The van der Waals surface area contributed by atoms with E-state index in [1.54, 1.807) is 0 Å². The van der Waals surface area contributed by atoms with Crippen molar-refractivity contribution >= 4 is 16.2 Å². The van der Waals surface area contributed by atoms with E-state index in [-0.39, 0.29) is 5.56 Å². The Morgan fingerprint density at radius 3 is 2.57 bits per heavy atom. The quantitative estimate of drug-likeness (QED) is 0.551. The van der Waals surface area contributed by atoms with Crippen molar-refractivity contribution in [2.75, 3.05) is 7.11 Å². The summed E-state index contributed by atoms with van der Waals surface area (Å²) in [5, 5.41) is 0. The molecule has 1 rings (SSSR count). The molecule has 0 heterocycles. The Bertz CT molecular complexity index is 452. The van der Waals surface area contributed by atoms with Crippen LogP contribution in [0, 0.1) is 0 Å². The van der Waals surface area contributed by atoms with Gasteiger partial charge in [0.05, 0.1) is 17.6 Å². The van der Waals surface area contributed by atoms with Gasteiger partial charge in [-0.05, 0) is 18.2 Å². The number of hydrogen-bond donors (Lipinski definition) is 0. The molecule has 0 unspecified atom stereocenters. The lowest BCUT2D eigenvalue weighted by Gasteiger charge is -1.99. The molecule has 0 N–H and O–H groups in total. The van der Waals surface area contributed by atoms with Gasteiger partial charge in [-0.1, -0.05) is 6.07 Å². The summed E-state index contributed by atoms with van der Waals surface area (Å²) in [6.07, 6.45) is 0. The van der Waals surface area contributed by atoms with Crippen LogP contribution in [0.5, 0.6) is 0 Å². The summed E-state index contributed by atoms with van der Waals surface area (Å²) in [4.78, 5) is 10.4. The highest BCUT2D eigenvalue weighted by Gasteiger charge is 2.14. The monoisotopic (exact) mass is 218 g/mol. The topological polar surface area (TPSA) is 60.4 Å². The Kier molecular flexibility index (Phi) is 2.85. The van der Waals surface area contributed by atoms with Gasteiger partial charge >= 0.3 is 16.2 Å². The highest BCUT2D eigenvalue weighted by molar-refractivity contribution is 7.86. The van der Waals surface area contributed by atoms with Gasteiger partial charge in [-0.3, -0.25) is 0 Å². The van der Waals surface area contributed by atoms with Crippen LogP contribution < -0.4 is 0 Å². The summed E-state index contributed by atoms with van der Waals surface area (Å²) in [6.45, 7) is 0. The lowest BCUT2D eigenvalue weighted by atomic mass is 10.2. The van der Waals surface area contributed by atoms with Crippen molar-refractivity contribution in [1.29, 1.82) is 0 Å². The van der Waals surface area contributed by atoms with E-state index in [0.717, 1.165) is 19.2 Å². The average Bonchev–Trinajstić information content (AvgIpc) is 2.15. The van der Waals surface area contributed by atoms with E-state index in [9.17, 15) is 17.1 Å². The summed E-state index contributed by atoms with van der Waals surface area (Å²) in [7, 11) is -3.62. The molecule has 0 radical (unpaired) electrons. The molecule has 4 nitrogen and oxygen atoms in total. The molecule has 6 heteroatoms. The van der Waals surface area contributed by atoms with Crippen LogP contribution in [0.15, 0.2) is 29.2 Å². The molecule has 0 amide bonds. The molecule has 1 aromatic rings. The van der Waals surface area contributed by atoms with E-state index < -0.39 is 21.1 Å². The molecule has 0 saturated heterocycles. The minimum absolute atomic E-state index is 0.00812. The lowest BCUT2D eigenvalue weighted by Crippen LogP contribution is -2.02. The number of halogens is 1. The van der Waals surface area contributed by atoms with Gasteiger partial charge in [-0.25, -0.2) is 4.79 Å². The van der Waals surface area contributed by atoms with Gasteiger partial charge in [-0.2, -0.15) is 8.42 Å². The molecular formula is C8H7FO4S. The van der Waals surface area contributed by atoms with Crippen LogP contribution in [-0.4, -0.2) is 21.5 Å². The number of hydrogen-bond acceptors (Lipinski definition) is 4. The number of carbonyl (C=O) groups excluding carboxylic acids is 1. The average molecular weight is 218 g/mol. The van der Waals surface area contributed by atoms with E-state index in [0.29, 0.717) is 0 Å². The van der Waals surface area contributed by atoms with E-state index in [1.807, 2.05) is 0 Å². The van der Waals surface area contributed by atoms with Gasteiger partial charge in [0.2, 0.25) is 0 Å². The first-order chi connectivity index (χ1) is 6.45. The second-order valence-electron chi connectivity index (χ2n) is 2.46. The fraction of sp³-hybridized carbons (Fsp3) is 0.125. The molecule has 0 saturated carbocycles. The number of benzene rings is 1. The number of carbonyl (C=O) groups is 1. The standard InChI is InChI=1S/C8H7FO4S/c1-13-8(10)6-3-2-4-7(5-6)14(9,11)12/h2-5H,1H3. The van der Waals surface area contributed by atoms with E-state index in [4.69, 9.17) is 0 Å². The van der Waals surface area contributed by atoms with Gasteiger partial charge in [0.25, 0.3) is 0 Å². The molecule has 1 aromatic carbocycles. The van der Waals surface area contributed by atoms with Crippen LogP contribution in [-0.2, 0) is 15.0 Å². The molecule has 0 aliphatic carbocycles. The van der Waals surface area contributed by atoms with Crippen LogP contribution >= 0.6 is 0 Å². The zero-order valence-corrected chi connectivity index (χ0v) is 8.05. The summed E-state index contributed by atoms with van der Waals surface area (Å²) < 4.78 is 37.8. The third kappa shape index (κ3) is 2.29. The molecule has 0 aliphatic rings. The maximum atomic E-state index is 12.5. The van der Waals surface area contributed by atoms with Crippen LogP contribution in [0.3, 0.4) is 0 Å². The maximum Gasteiger partial charge on any atom is 0.337 e. The van der Waals surface area contributed by atoms with Crippen molar-refractivity contribution in [2.45, 2.75) is 4.90 Å². The molecule has 14 heavy (non-hydrogen) atoms. The maximum absolute atomic E-state index is 12.5. The Labute approximate surface area is 80.5 Å². The van der Waals surface area contributed by atoms with Crippen molar-refractivity contribution < 1.29 is 21.8 Å². The number of esters is 1. The summed E-state index contributed by atoms with van der Waals surface area (Å²) in [5.41, 5.74) is -0.00812. The minimum Gasteiger partial charge on any atom is -0.465 e. The van der Waals surface area contributed by atoms with Gasteiger partial charge in [0, 0.05) is 0 Å². The van der Waals surface area contributed by atoms with Crippen LogP contribution in [0.2, 0.25) is 0 Å². The molecular weight excluding hydrogens is 211 g/mol. The second-order valence-corrected chi connectivity index (χ2v) is 3.80. The molecule has 0 aliphatic heterocycles. The fourth-order valence-electron chi connectivity index (χ4n) is 0.893. The smallest absolute Gasteiger partial charge is 0.337 e. The van der Waals surface area contributed by atoms with E-state index in [1.165, 1.54) is 12.1 Å². The van der Waals surface area contributed by atoms with Gasteiger partial charge < -0.3 is 4.74 Å². The first-order valence-electron chi connectivity index (χ1n) is 3.58. The van der Waals surface area contributed by atoms with Crippen molar-refractivity contribution in [1.82, 2.24) is 0 Å². The predicted molar refractivity (Wildman–Crippen MR) is 46.1 cm³/mol. The Morgan fingerprint density at radius 1 is 1.43 bits per heavy atom. The number of rotatable bonds is 2. The SMILES string of the molecule is COC(=O)c1cccc(S(=O)(=O)F)c1. The van der Waals surface area contributed by atoms with E-state index in [2.05, 4.69) is 4.74 Å². The zero-order valence-electron chi connectivity index (χ0n) is 7.23. The zero-order chi connectivity index (χ0) is 10.8. The largest absolute Gasteiger partial charge is 0.465 e. The Balaban J connectivity index is 3.21. The summed E-state index contributed by atoms with van der Waals surface area (Å²) in [5.74, 6) is -0.713. The van der Waals surface area contributed by atoms with Crippen molar-refractivity contribution in [2.24, 2.45) is 0 Å².